The van der Waals surface area contributed by atoms with Crippen LogP contribution in [0.25, 0.3) is 0 Å². The fraction of sp³-hybridized carbons (Fsp3) is 0.949. The van der Waals surface area contributed by atoms with Crippen molar-refractivity contribution in [2.24, 2.45) is 10.8 Å². The van der Waals surface area contributed by atoms with Gasteiger partial charge in [-0.1, -0.05) is 6.42 Å². The van der Waals surface area contributed by atoms with E-state index in [1.54, 1.807) is 70.6 Å². The first-order chi connectivity index (χ1) is 25.9. The molecule has 0 aromatic carbocycles. The third-order valence-electron chi connectivity index (χ3n) is 9.57. The molecule has 0 atom stereocenters. The number of aliphatic hydroxyl groups excluding tert-OH is 6. The summed E-state index contributed by atoms with van der Waals surface area (Å²) in [5.41, 5.74) is -0.749. The minimum Gasteiger partial charge on any atom is -0.396 e. The third kappa shape index (κ3) is 29.1. The summed E-state index contributed by atoms with van der Waals surface area (Å²) < 4.78 is 0. The zero-order valence-electron chi connectivity index (χ0n) is 32.7. The lowest BCUT2D eigenvalue weighted by atomic mass is 9.70. The Morgan fingerprint density at radius 1 is 0.302 bits per heavy atom. The normalized spacial score (nSPS) is 12.2. The zero-order chi connectivity index (χ0) is 39.1. The van der Waals surface area contributed by atoms with Gasteiger partial charge in [0.1, 0.15) is 11.6 Å². The van der Waals surface area contributed by atoms with E-state index in [9.17, 15) is 40.2 Å². The van der Waals surface area contributed by atoms with Gasteiger partial charge in [-0.25, -0.2) is 0 Å². The van der Waals surface area contributed by atoms with Gasteiger partial charge in [0.25, 0.3) is 0 Å². The molecule has 0 aromatic rings. The molecule has 14 heteroatoms. The van der Waals surface area contributed by atoms with Gasteiger partial charge in [0, 0.05) is 58.2 Å². The number of hydrogen-bond donors (Lipinski definition) is 6. The van der Waals surface area contributed by atoms with Crippen molar-refractivity contribution in [3.8, 4) is 0 Å². The van der Waals surface area contributed by atoms with Crippen LogP contribution in [0.2, 0.25) is 0 Å². The lowest BCUT2D eigenvalue weighted by Crippen LogP contribution is -2.33. The molecule has 0 aliphatic heterocycles. The number of unbranched alkanes of at least 4 members (excludes halogenated alkanes) is 2. The number of carbonyl (C=O) groups excluding carboxylic acids is 2. The first-order valence-electron chi connectivity index (χ1n) is 20.1. The lowest BCUT2D eigenvalue weighted by Gasteiger charge is -2.34. The van der Waals surface area contributed by atoms with Crippen molar-refractivity contribution in [1.29, 1.82) is 0 Å². The Kier molecular flexibility index (Phi) is 40.9. The number of hydrogen-bond acceptors (Lipinski definition) is 14. The van der Waals surface area contributed by atoms with E-state index in [1.807, 2.05) is 0 Å². The Bertz CT molecular complexity index is 693. The van der Waals surface area contributed by atoms with E-state index in [-0.39, 0.29) is 50.5 Å². The van der Waals surface area contributed by atoms with E-state index < -0.39 is 0 Å². The second-order valence-electron chi connectivity index (χ2n) is 13.6. The van der Waals surface area contributed by atoms with Crippen LogP contribution in [0.3, 0.4) is 0 Å². The quantitative estimate of drug-likeness (QED) is 0.0346. The average molecular weight is 865 g/mol. The fourth-order valence-corrected chi connectivity index (χ4v) is 11.0. The molecule has 6 N–H and O–H groups in total. The Hall–Kier alpha value is 1.20. The van der Waals surface area contributed by atoms with Gasteiger partial charge in [0.05, 0.1) is 39.6 Å². The number of carbonyl (C=O) groups is 2. The van der Waals surface area contributed by atoms with Crippen molar-refractivity contribution in [2.45, 2.75) is 109 Å². The van der Waals surface area contributed by atoms with Crippen LogP contribution in [0.15, 0.2) is 0 Å². The summed E-state index contributed by atoms with van der Waals surface area (Å²) >= 11 is 10.4. The van der Waals surface area contributed by atoms with E-state index in [0.29, 0.717) is 58.9 Å². The summed E-state index contributed by atoms with van der Waals surface area (Å²) in [4.78, 5) is 28.4. The average Bonchev–Trinajstić information content (AvgIpc) is 3.16. The molecule has 0 unspecified atom stereocenters. The maximum atomic E-state index is 14.2. The van der Waals surface area contributed by atoms with E-state index in [1.165, 1.54) is 0 Å². The van der Waals surface area contributed by atoms with Gasteiger partial charge in [-0.3, -0.25) is 9.59 Å². The molecule has 0 aliphatic carbocycles. The highest BCUT2D eigenvalue weighted by Crippen LogP contribution is 2.41. The maximum Gasteiger partial charge on any atom is 0.139 e. The molecule has 0 bridgehead atoms. The molecule has 0 aromatic heterocycles. The Balaban J connectivity index is 5.64. The molecule has 0 fully saturated rings. The molecule has 0 spiro atoms. The second kappa shape index (κ2) is 40.0. The second-order valence-corrected chi connectivity index (χ2v) is 21.0. The Morgan fingerprint density at radius 2 is 0.509 bits per heavy atom. The highest BCUT2D eigenvalue weighted by Gasteiger charge is 2.37. The molecule has 0 aliphatic rings. The Labute approximate surface area is 348 Å². The third-order valence-corrected chi connectivity index (χ3v) is 15.9. The molecule has 316 valence electrons. The van der Waals surface area contributed by atoms with E-state index in [4.69, 9.17) is 0 Å². The summed E-state index contributed by atoms with van der Waals surface area (Å²) in [5, 5.41) is 55.5. The van der Waals surface area contributed by atoms with Crippen LogP contribution < -0.4 is 0 Å². The molecule has 8 nitrogen and oxygen atoms in total. The minimum absolute atomic E-state index is 0.166. The first-order valence-corrected chi connectivity index (χ1v) is 27.0. The van der Waals surface area contributed by atoms with Gasteiger partial charge in [-0.2, -0.15) is 70.6 Å². The van der Waals surface area contributed by atoms with E-state index in [2.05, 4.69) is 0 Å². The predicted molar refractivity (Wildman–Crippen MR) is 240 cm³/mol. The number of rotatable bonds is 44. The molecule has 53 heavy (non-hydrogen) atoms. The van der Waals surface area contributed by atoms with E-state index >= 15 is 0 Å². The molecular weight excluding hydrogens is 789 g/mol. The van der Waals surface area contributed by atoms with Crippen molar-refractivity contribution in [3.63, 3.8) is 0 Å². The minimum atomic E-state index is -0.375. The van der Waals surface area contributed by atoms with Crippen LogP contribution in [0.1, 0.15) is 109 Å². The summed E-state index contributed by atoms with van der Waals surface area (Å²) in [7, 11) is 0. The summed E-state index contributed by atoms with van der Waals surface area (Å²) in [6.45, 7) is 0.998. The van der Waals surface area contributed by atoms with Crippen molar-refractivity contribution in [1.82, 2.24) is 0 Å². The Morgan fingerprint density at radius 3 is 0.698 bits per heavy atom. The van der Waals surface area contributed by atoms with Crippen LogP contribution in [-0.4, -0.2) is 151 Å². The van der Waals surface area contributed by atoms with Gasteiger partial charge < -0.3 is 30.6 Å². The number of aliphatic hydroxyl groups is 6. The summed E-state index contributed by atoms with van der Waals surface area (Å²) in [6.07, 6.45) is 14.2. The molecule has 0 heterocycles. The first kappa shape index (κ1) is 54.2. The van der Waals surface area contributed by atoms with Crippen LogP contribution in [0, 0.1) is 10.8 Å². The van der Waals surface area contributed by atoms with Crippen LogP contribution in [-0.2, 0) is 9.59 Å². The van der Waals surface area contributed by atoms with Gasteiger partial charge in [-0.15, -0.1) is 0 Å². The van der Waals surface area contributed by atoms with Crippen molar-refractivity contribution in [3.05, 3.63) is 0 Å². The van der Waals surface area contributed by atoms with Crippen LogP contribution in [0.5, 0.6) is 0 Å². The van der Waals surface area contributed by atoms with Gasteiger partial charge in [0.2, 0.25) is 0 Å². The summed E-state index contributed by atoms with van der Waals surface area (Å²) in [5.74, 6) is 10.6. The molecular formula is C39H76O8S6. The lowest BCUT2D eigenvalue weighted by molar-refractivity contribution is -0.130. The van der Waals surface area contributed by atoms with Crippen molar-refractivity contribution >= 4 is 82.1 Å². The van der Waals surface area contributed by atoms with Gasteiger partial charge in [0.15, 0.2) is 0 Å². The topological polar surface area (TPSA) is 156 Å². The number of thioether (sulfide) groups is 6. The highest BCUT2D eigenvalue weighted by molar-refractivity contribution is 8.00. The van der Waals surface area contributed by atoms with Gasteiger partial charge >= 0.3 is 0 Å². The van der Waals surface area contributed by atoms with Gasteiger partial charge in [-0.05, 0) is 124 Å². The summed E-state index contributed by atoms with van der Waals surface area (Å²) in [6, 6.07) is 0. The molecule has 0 radical (unpaired) electrons. The molecule has 0 rings (SSSR count). The number of ketones is 2. The molecule has 0 saturated heterocycles. The monoisotopic (exact) mass is 864 g/mol. The predicted octanol–water partition coefficient (Wildman–Crippen LogP) is 7.08. The maximum absolute atomic E-state index is 14.2. The number of Topliss-reactive ketones (excluding diaryl/α,β-unsaturated/α-hetero) is 2. The van der Waals surface area contributed by atoms with Crippen molar-refractivity contribution in [2.75, 3.05) is 109 Å². The molecule has 0 amide bonds. The zero-order valence-corrected chi connectivity index (χ0v) is 37.6. The highest BCUT2D eigenvalue weighted by atomic mass is 32.2. The molecule has 0 saturated carbocycles. The fourth-order valence-electron chi connectivity index (χ4n) is 6.94. The van der Waals surface area contributed by atoms with Crippen LogP contribution >= 0.6 is 70.6 Å². The van der Waals surface area contributed by atoms with E-state index in [0.717, 1.165) is 131 Å². The van der Waals surface area contributed by atoms with Crippen LogP contribution in [0.4, 0.5) is 0 Å². The largest absolute Gasteiger partial charge is 0.396 e. The smallest absolute Gasteiger partial charge is 0.139 e. The van der Waals surface area contributed by atoms with Crippen molar-refractivity contribution < 1.29 is 40.2 Å². The standard InChI is InChI=1S/C39H76O8S6/c40-18-30-48-24-4-12-38(13-5-25-49-31-19-41,14-6-26-50-32-20-42)36(46)10-2-1-3-11-37(47)39(15-7-27-51-33-21-43,16-8-28-52-34-22-44)17-9-29-53-35-23-45/h40-45H,1-35H2. The SMILES string of the molecule is O=C(CCCCCC(=O)C(CCCSCCO)(CCCSCCO)CCCSCCO)C(CCCSCCO)(CCCSCCO)CCCSCCO.